The zero-order valence-electron chi connectivity index (χ0n) is 7.49. The average Bonchev–Trinajstić information content (AvgIpc) is 2.19. The zero-order chi connectivity index (χ0) is 10.9. The normalized spacial score (nSPS) is 43.4. The number of rotatable bonds is 1. The lowest BCUT2D eigenvalue weighted by Crippen LogP contribution is -2.61. The fourth-order valence-corrected chi connectivity index (χ4v) is 1.22. The highest BCUT2D eigenvalue weighted by Crippen LogP contribution is 2.19. The van der Waals surface area contributed by atoms with Crippen molar-refractivity contribution in [3.63, 3.8) is 0 Å². The van der Waals surface area contributed by atoms with Crippen LogP contribution in [-0.4, -0.2) is 64.1 Å². The fourth-order valence-electron chi connectivity index (χ4n) is 1.22. The molecule has 1 amide bonds. The first kappa shape index (κ1) is 11.3. The van der Waals surface area contributed by atoms with Crippen LogP contribution in [0.2, 0.25) is 0 Å². The minimum absolute atomic E-state index is 0.678. The molecule has 82 valence electrons. The number of amides is 1. The van der Waals surface area contributed by atoms with Gasteiger partial charge in [0.15, 0.2) is 12.4 Å². The lowest BCUT2D eigenvalue weighted by molar-refractivity contribution is -0.275. The maximum Gasteiger partial charge on any atom is 0.251 e. The molecule has 0 aromatic heterocycles. The number of hydrogen-bond donors (Lipinski definition) is 5. The van der Waals surface area contributed by atoms with Crippen LogP contribution < -0.4 is 5.32 Å². The molecule has 1 heterocycles. The average molecular weight is 207 g/mol. The second-order valence-electron chi connectivity index (χ2n) is 3.03. The first-order valence-corrected chi connectivity index (χ1v) is 4.08. The van der Waals surface area contributed by atoms with Crippen molar-refractivity contribution in [2.75, 3.05) is 7.05 Å². The van der Waals surface area contributed by atoms with Crippen molar-refractivity contribution in [2.24, 2.45) is 0 Å². The van der Waals surface area contributed by atoms with E-state index in [-0.39, 0.29) is 0 Å². The van der Waals surface area contributed by atoms with Gasteiger partial charge in [0.1, 0.15) is 18.3 Å². The maximum absolute atomic E-state index is 11.1. The topological polar surface area (TPSA) is 119 Å². The van der Waals surface area contributed by atoms with E-state index in [1.54, 1.807) is 0 Å². The summed E-state index contributed by atoms with van der Waals surface area (Å²) in [6.07, 6.45) is -7.86. The van der Waals surface area contributed by atoms with Crippen LogP contribution in [0.25, 0.3) is 0 Å². The van der Waals surface area contributed by atoms with Crippen molar-refractivity contribution in [1.29, 1.82) is 0 Å². The van der Waals surface area contributed by atoms with Gasteiger partial charge in [-0.2, -0.15) is 0 Å². The minimum atomic E-state index is -1.68. The Labute approximate surface area is 79.9 Å². The third-order valence-electron chi connectivity index (χ3n) is 2.09. The number of hydrogen-bond acceptors (Lipinski definition) is 6. The van der Waals surface area contributed by atoms with E-state index < -0.39 is 36.6 Å². The highest BCUT2D eigenvalue weighted by atomic mass is 16.6. The smallest absolute Gasteiger partial charge is 0.251 e. The van der Waals surface area contributed by atoms with Gasteiger partial charge in [0, 0.05) is 7.05 Å². The number of carbonyl (C=O) groups is 1. The molecule has 0 saturated carbocycles. The van der Waals surface area contributed by atoms with E-state index >= 15 is 0 Å². The van der Waals surface area contributed by atoms with Gasteiger partial charge in [0.25, 0.3) is 5.91 Å². The molecule has 14 heavy (non-hydrogen) atoms. The Morgan fingerprint density at radius 3 is 2.21 bits per heavy atom. The Kier molecular flexibility index (Phi) is 3.40. The van der Waals surface area contributed by atoms with E-state index in [1.165, 1.54) is 7.05 Å². The molecule has 7 heteroatoms. The Morgan fingerprint density at radius 1 is 1.14 bits per heavy atom. The monoisotopic (exact) mass is 207 g/mol. The molecule has 0 spiro atoms. The van der Waals surface area contributed by atoms with E-state index in [0.717, 1.165) is 0 Å². The molecule has 1 aliphatic rings. The quantitative estimate of drug-likeness (QED) is 0.305. The predicted molar refractivity (Wildman–Crippen MR) is 43.0 cm³/mol. The number of nitrogens with one attached hydrogen (secondary N) is 1. The standard InChI is InChI=1S/C7H13NO6/c1-8-6(12)5-3(10)2(9)4(11)7(13)14-5/h2-5,7,9-11,13H,1H3,(H,8,12)/t2-,3-,4+,5-,7+/m0/s1. The number of likely N-dealkylation sites (N-methyl/N-ethyl adjacent to an activating group) is 1. The van der Waals surface area contributed by atoms with E-state index in [9.17, 15) is 15.0 Å². The van der Waals surface area contributed by atoms with Crippen molar-refractivity contribution in [2.45, 2.75) is 30.7 Å². The summed E-state index contributed by atoms with van der Waals surface area (Å²) < 4.78 is 4.62. The molecule has 1 saturated heterocycles. The van der Waals surface area contributed by atoms with Crippen LogP contribution in [0, 0.1) is 0 Å². The summed E-state index contributed by atoms with van der Waals surface area (Å²) in [4.78, 5) is 11.1. The molecule has 0 aromatic carbocycles. The maximum atomic E-state index is 11.1. The summed E-state index contributed by atoms with van der Waals surface area (Å²) in [6.45, 7) is 0. The number of aliphatic hydroxyl groups is 4. The molecule has 0 unspecified atom stereocenters. The van der Waals surface area contributed by atoms with Gasteiger partial charge in [-0.1, -0.05) is 0 Å². The number of carbonyl (C=O) groups excluding carboxylic acids is 1. The van der Waals surface area contributed by atoms with Gasteiger partial charge in [-0.15, -0.1) is 0 Å². The largest absolute Gasteiger partial charge is 0.387 e. The van der Waals surface area contributed by atoms with E-state index in [0.29, 0.717) is 0 Å². The molecule has 5 N–H and O–H groups in total. The van der Waals surface area contributed by atoms with Crippen LogP contribution in [0.4, 0.5) is 0 Å². The lowest BCUT2D eigenvalue weighted by Gasteiger charge is -2.37. The molecule has 0 bridgehead atoms. The molecular weight excluding hydrogens is 194 g/mol. The van der Waals surface area contributed by atoms with Gasteiger partial charge in [-0.05, 0) is 0 Å². The summed E-state index contributed by atoms with van der Waals surface area (Å²) in [6, 6.07) is 0. The third-order valence-corrected chi connectivity index (χ3v) is 2.09. The highest BCUT2D eigenvalue weighted by Gasteiger charge is 2.45. The zero-order valence-corrected chi connectivity index (χ0v) is 7.49. The molecule has 0 aliphatic carbocycles. The van der Waals surface area contributed by atoms with Crippen LogP contribution in [0.15, 0.2) is 0 Å². The van der Waals surface area contributed by atoms with Crippen LogP contribution in [0.3, 0.4) is 0 Å². The van der Waals surface area contributed by atoms with E-state index in [1.807, 2.05) is 0 Å². The van der Waals surface area contributed by atoms with Crippen LogP contribution in [-0.2, 0) is 9.53 Å². The summed E-state index contributed by atoms with van der Waals surface area (Å²) in [7, 11) is 1.32. The Morgan fingerprint density at radius 2 is 1.71 bits per heavy atom. The van der Waals surface area contributed by atoms with Gasteiger partial charge < -0.3 is 30.5 Å². The van der Waals surface area contributed by atoms with Gasteiger partial charge in [0.05, 0.1) is 0 Å². The molecule has 0 radical (unpaired) electrons. The van der Waals surface area contributed by atoms with Gasteiger partial charge in [-0.3, -0.25) is 4.79 Å². The van der Waals surface area contributed by atoms with E-state index in [4.69, 9.17) is 10.2 Å². The van der Waals surface area contributed by atoms with Crippen molar-refractivity contribution in [3.05, 3.63) is 0 Å². The second kappa shape index (κ2) is 4.20. The summed E-state index contributed by atoms with van der Waals surface area (Å²) >= 11 is 0. The van der Waals surface area contributed by atoms with Crippen molar-refractivity contribution in [3.8, 4) is 0 Å². The van der Waals surface area contributed by atoms with Crippen molar-refractivity contribution < 1.29 is 30.0 Å². The molecule has 0 aromatic rings. The molecule has 1 aliphatic heterocycles. The molecule has 5 atom stereocenters. The SMILES string of the molecule is CNC(=O)[C@H]1O[C@@H](O)[C@H](O)[C@@H](O)[C@@H]1O. The van der Waals surface area contributed by atoms with Crippen LogP contribution in [0.5, 0.6) is 0 Å². The molecular formula is C7H13NO6. The van der Waals surface area contributed by atoms with Crippen LogP contribution >= 0.6 is 0 Å². The first-order valence-electron chi connectivity index (χ1n) is 4.08. The minimum Gasteiger partial charge on any atom is -0.387 e. The Balaban J connectivity index is 2.75. The Hall–Kier alpha value is -0.730. The van der Waals surface area contributed by atoms with Gasteiger partial charge >= 0.3 is 0 Å². The van der Waals surface area contributed by atoms with Crippen molar-refractivity contribution >= 4 is 5.91 Å². The summed E-state index contributed by atoms with van der Waals surface area (Å²) in [5.41, 5.74) is 0. The first-order chi connectivity index (χ1) is 6.49. The summed E-state index contributed by atoms with van der Waals surface area (Å²) in [5, 5.41) is 38.9. The molecule has 1 rings (SSSR count). The molecule has 7 nitrogen and oxygen atoms in total. The predicted octanol–water partition coefficient (Wildman–Crippen LogP) is -3.47. The lowest BCUT2D eigenvalue weighted by atomic mass is 9.98. The van der Waals surface area contributed by atoms with Gasteiger partial charge in [0.2, 0.25) is 0 Å². The summed E-state index contributed by atoms with van der Waals surface area (Å²) in [5.74, 6) is -0.678. The molecule has 1 fully saturated rings. The number of aliphatic hydroxyl groups excluding tert-OH is 4. The van der Waals surface area contributed by atoms with Crippen LogP contribution in [0.1, 0.15) is 0 Å². The third kappa shape index (κ3) is 1.86. The number of ether oxygens (including phenoxy) is 1. The Bertz CT molecular complexity index is 222. The van der Waals surface area contributed by atoms with Crippen molar-refractivity contribution in [1.82, 2.24) is 5.32 Å². The second-order valence-corrected chi connectivity index (χ2v) is 3.03. The fraction of sp³-hybridized carbons (Fsp3) is 0.857. The highest BCUT2D eigenvalue weighted by molar-refractivity contribution is 5.81. The van der Waals surface area contributed by atoms with E-state index in [2.05, 4.69) is 10.1 Å². The van der Waals surface area contributed by atoms with Gasteiger partial charge in [-0.25, -0.2) is 0 Å².